The Bertz CT molecular complexity index is 604. The number of halogens is 1. The summed E-state index contributed by atoms with van der Waals surface area (Å²) in [7, 11) is 0. The Morgan fingerprint density at radius 2 is 2.11 bits per heavy atom. The van der Waals surface area contributed by atoms with E-state index >= 15 is 0 Å². The lowest BCUT2D eigenvalue weighted by Gasteiger charge is -2.05. The first-order valence-corrected chi connectivity index (χ1v) is 6.89. The molecule has 0 spiro atoms. The summed E-state index contributed by atoms with van der Waals surface area (Å²) in [4.78, 5) is 12.1. The third-order valence-corrected chi connectivity index (χ3v) is 3.39. The minimum Gasteiger partial charge on any atom is -0.305 e. The standard InChI is InChI=1S/C14H16BrN3O/c1-8(2)12-7-13(18-17-12)16-14(19)11-5-4-10(15)6-9(11)3/h4-8H,1-3H3,(H2,16,17,18,19). The number of rotatable bonds is 3. The normalized spacial score (nSPS) is 10.8. The van der Waals surface area contributed by atoms with E-state index < -0.39 is 0 Å². The van der Waals surface area contributed by atoms with Gasteiger partial charge in [0.1, 0.15) is 0 Å². The molecule has 0 radical (unpaired) electrons. The lowest BCUT2D eigenvalue weighted by Crippen LogP contribution is -2.13. The van der Waals surface area contributed by atoms with Crippen LogP contribution in [0.15, 0.2) is 28.7 Å². The predicted molar refractivity (Wildman–Crippen MR) is 79.5 cm³/mol. The number of aryl methyl sites for hydroxylation is 1. The predicted octanol–water partition coefficient (Wildman–Crippen LogP) is 3.86. The molecule has 2 rings (SSSR count). The van der Waals surface area contributed by atoms with Crippen LogP contribution in [0.3, 0.4) is 0 Å². The monoisotopic (exact) mass is 321 g/mol. The van der Waals surface area contributed by atoms with Crippen LogP contribution in [-0.4, -0.2) is 16.1 Å². The molecule has 19 heavy (non-hydrogen) atoms. The van der Waals surface area contributed by atoms with Gasteiger partial charge in [0.15, 0.2) is 5.82 Å². The number of aromatic amines is 1. The molecule has 0 aliphatic heterocycles. The minimum atomic E-state index is -0.146. The molecule has 0 fully saturated rings. The van der Waals surface area contributed by atoms with E-state index in [-0.39, 0.29) is 5.91 Å². The van der Waals surface area contributed by atoms with Gasteiger partial charge in [0.05, 0.1) is 0 Å². The number of hydrogen-bond donors (Lipinski definition) is 2. The van der Waals surface area contributed by atoms with Crippen molar-refractivity contribution in [2.24, 2.45) is 0 Å². The van der Waals surface area contributed by atoms with Gasteiger partial charge in [0.25, 0.3) is 5.91 Å². The fourth-order valence-electron chi connectivity index (χ4n) is 1.76. The SMILES string of the molecule is Cc1cc(Br)ccc1C(=O)Nc1cc(C(C)C)[nH]n1. The van der Waals surface area contributed by atoms with Crippen LogP contribution in [0.4, 0.5) is 5.82 Å². The van der Waals surface area contributed by atoms with E-state index in [0.29, 0.717) is 17.3 Å². The summed E-state index contributed by atoms with van der Waals surface area (Å²) < 4.78 is 0.961. The van der Waals surface area contributed by atoms with Crippen molar-refractivity contribution in [3.8, 4) is 0 Å². The largest absolute Gasteiger partial charge is 0.305 e. The van der Waals surface area contributed by atoms with Gasteiger partial charge >= 0.3 is 0 Å². The lowest BCUT2D eigenvalue weighted by molar-refractivity contribution is 0.102. The maximum atomic E-state index is 12.1. The number of carbonyl (C=O) groups excluding carboxylic acids is 1. The average molecular weight is 322 g/mol. The molecule has 5 heteroatoms. The van der Waals surface area contributed by atoms with Crippen molar-refractivity contribution in [3.05, 3.63) is 45.6 Å². The molecular formula is C14H16BrN3O. The number of nitrogens with one attached hydrogen (secondary N) is 2. The second kappa shape index (κ2) is 5.57. The van der Waals surface area contributed by atoms with Crippen LogP contribution in [0.25, 0.3) is 0 Å². The van der Waals surface area contributed by atoms with E-state index in [2.05, 4.69) is 45.3 Å². The number of amides is 1. The highest BCUT2D eigenvalue weighted by molar-refractivity contribution is 9.10. The van der Waals surface area contributed by atoms with Crippen molar-refractivity contribution in [1.82, 2.24) is 10.2 Å². The maximum Gasteiger partial charge on any atom is 0.257 e. The molecule has 0 saturated heterocycles. The molecule has 2 N–H and O–H groups in total. The quantitative estimate of drug-likeness (QED) is 0.901. The molecule has 0 bridgehead atoms. The van der Waals surface area contributed by atoms with Crippen LogP contribution in [-0.2, 0) is 0 Å². The van der Waals surface area contributed by atoms with E-state index in [4.69, 9.17) is 0 Å². The minimum absolute atomic E-state index is 0.146. The van der Waals surface area contributed by atoms with E-state index in [9.17, 15) is 4.79 Å². The second-order valence-electron chi connectivity index (χ2n) is 4.78. The summed E-state index contributed by atoms with van der Waals surface area (Å²) in [6.45, 7) is 6.04. The topological polar surface area (TPSA) is 57.8 Å². The highest BCUT2D eigenvalue weighted by Crippen LogP contribution is 2.18. The molecule has 1 aromatic heterocycles. The number of H-pyrrole nitrogens is 1. The zero-order valence-corrected chi connectivity index (χ0v) is 12.7. The number of aromatic nitrogens is 2. The molecule has 0 saturated carbocycles. The van der Waals surface area contributed by atoms with Crippen LogP contribution in [0.1, 0.15) is 41.4 Å². The molecule has 100 valence electrons. The van der Waals surface area contributed by atoms with Gasteiger partial charge in [-0.15, -0.1) is 0 Å². The molecule has 1 amide bonds. The highest BCUT2D eigenvalue weighted by Gasteiger charge is 2.12. The van der Waals surface area contributed by atoms with Gasteiger partial charge in [-0.2, -0.15) is 5.10 Å². The van der Waals surface area contributed by atoms with Crippen molar-refractivity contribution >= 4 is 27.7 Å². The van der Waals surface area contributed by atoms with Crippen LogP contribution >= 0.6 is 15.9 Å². The Balaban J connectivity index is 2.16. The maximum absolute atomic E-state index is 12.1. The summed E-state index contributed by atoms with van der Waals surface area (Å²) in [5.41, 5.74) is 2.58. The zero-order chi connectivity index (χ0) is 14.0. The highest BCUT2D eigenvalue weighted by atomic mass is 79.9. The van der Waals surface area contributed by atoms with E-state index in [1.165, 1.54) is 0 Å². The van der Waals surface area contributed by atoms with Crippen molar-refractivity contribution in [2.45, 2.75) is 26.7 Å². The summed E-state index contributed by atoms with van der Waals surface area (Å²) in [5.74, 6) is 0.760. The second-order valence-corrected chi connectivity index (χ2v) is 5.69. The summed E-state index contributed by atoms with van der Waals surface area (Å²) >= 11 is 3.38. The molecule has 0 atom stereocenters. The summed E-state index contributed by atoms with van der Waals surface area (Å²) in [6, 6.07) is 7.42. The lowest BCUT2D eigenvalue weighted by atomic mass is 10.1. The Kier molecular flexibility index (Phi) is 4.04. The molecule has 4 nitrogen and oxygen atoms in total. The van der Waals surface area contributed by atoms with Crippen LogP contribution < -0.4 is 5.32 Å². The molecule has 2 aromatic rings. The first-order valence-electron chi connectivity index (χ1n) is 6.10. The number of carbonyl (C=O) groups is 1. The fourth-order valence-corrected chi connectivity index (χ4v) is 2.24. The fraction of sp³-hybridized carbons (Fsp3) is 0.286. The van der Waals surface area contributed by atoms with Crippen molar-refractivity contribution in [3.63, 3.8) is 0 Å². The Morgan fingerprint density at radius 3 is 2.68 bits per heavy atom. The van der Waals surface area contributed by atoms with Gasteiger partial charge in [-0.25, -0.2) is 0 Å². The van der Waals surface area contributed by atoms with Crippen LogP contribution in [0.5, 0.6) is 0 Å². The molecule has 1 aromatic carbocycles. The molecule has 0 unspecified atom stereocenters. The molecular weight excluding hydrogens is 306 g/mol. The summed E-state index contributed by atoms with van der Waals surface area (Å²) in [5, 5.41) is 9.79. The molecule has 0 aliphatic carbocycles. The van der Waals surface area contributed by atoms with E-state index in [0.717, 1.165) is 15.7 Å². The Labute approximate surface area is 120 Å². The van der Waals surface area contributed by atoms with Gasteiger partial charge in [-0.1, -0.05) is 29.8 Å². The van der Waals surface area contributed by atoms with Gasteiger partial charge in [0.2, 0.25) is 0 Å². The number of anilines is 1. The number of benzene rings is 1. The first kappa shape index (κ1) is 13.8. The van der Waals surface area contributed by atoms with Crippen molar-refractivity contribution < 1.29 is 4.79 Å². The molecule has 0 aliphatic rings. The van der Waals surface area contributed by atoms with Crippen LogP contribution in [0, 0.1) is 6.92 Å². The van der Waals surface area contributed by atoms with E-state index in [1.807, 2.05) is 25.1 Å². The van der Waals surface area contributed by atoms with E-state index in [1.54, 1.807) is 6.07 Å². The molecule has 1 heterocycles. The first-order chi connectivity index (χ1) is 8.97. The number of nitrogens with zero attached hydrogens (tertiary/aromatic N) is 1. The van der Waals surface area contributed by atoms with Gasteiger partial charge in [0, 0.05) is 21.8 Å². The van der Waals surface area contributed by atoms with Crippen molar-refractivity contribution in [2.75, 3.05) is 5.32 Å². The number of hydrogen-bond acceptors (Lipinski definition) is 2. The Hall–Kier alpha value is -1.62. The smallest absolute Gasteiger partial charge is 0.257 e. The summed E-state index contributed by atoms with van der Waals surface area (Å²) in [6.07, 6.45) is 0. The van der Waals surface area contributed by atoms with Crippen LogP contribution in [0.2, 0.25) is 0 Å². The average Bonchev–Trinajstić information content (AvgIpc) is 2.77. The third kappa shape index (κ3) is 3.23. The Morgan fingerprint density at radius 1 is 1.37 bits per heavy atom. The zero-order valence-electron chi connectivity index (χ0n) is 11.1. The third-order valence-electron chi connectivity index (χ3n) is 2.89. The van der Waals surface area contributed by atoms with Gasteiger partial charge in [-0.05, 0) is 36.6 Å². The van der Waals surface area contributed by atoms with Gasteiger partial charge < -0.3 is 5.32 Å². The van der Waals surface area contributed by atoms with Crippen molar-refractivity contribution in [1.29, 1.82) is 0 Å². The van der Waals surface area contributed by atoms with Gasteiger partial charge in [-0.3, -0.25) is 9.89 Å².